The fourth-order valence-electron chi connectivity index (χ4n) is 0.981. The van der Waals surface area contributed by atoms with Crippen LogP contribution in [-0.2, 0) is 0 Å². The summed E-state index contributed by atoms with van der Waals surface area (Å²) in [6.07, 6.45) is 0. The summed E-state index contributed by atoms with van der Waals surface area (Å²) in [5, 5.41) is 3.84. The Morgan fingerprint density at radius 3 is 3.00 bits per heavy atom. The number of fused-ring (bicyclic) bond motifs is 1. The van der Waals surface area contributed by atoms with E-state index >= 15 is 0 Å². The van der Waals surface area contributed by atoms with Gasteiger partial charge in [-0.15, -0.1) is 5.10 Å². The van der Waals surface area contributed by atoms with E-state index in [-0.39, 0.29) is 5.95 Å². The van der Waals surface area contributed by atoms with Crippen molar-refractivity contribution in [1.29, 1.82) is 0 Å². The first-order valence-corrected chi connectivity index (χ1v) is 3.25. The lowest BCUT2D eigenvalue weighted by Gasteiger charge is -1.89. The van der Waals surface area contributed by atoms with Crippen LogP contribution in [0.5, 0.6) is 0 Å². The monoisotopic (exact) mass is 151 g/mol. The standard InChI is InChI=1S/C7H6FN3/c1-5-9-7-4-2-3-6(8)11(7)10-5/h2-4H,1H3. The molecule has 0 aliphatic rings. The van der Waals surface area contributed by atoms with Gasteiger partial charge < -0.3 is 0 Å². The maximum absolute atomic E-state index is 12.9. The Morgan fingerprint density at radius 2 is 2.27 bits per heavy atom. The van der Waals surface area contributed by atoms with Gasteiger partial charge in [0, 0.05) is 0 Å². The van der Waals surface area contributed by atoms with Crippen molar-refractivity contribution < 1.29 is 4.39 Å². The molecule has 0 unspecified atom stereocenters. The molecule has 4 heteroatoms. The third kappa shape index (κ3) is 0.869. The number of rotatable bonds is 0. The van der Waals surface area contributed by atoms with E-state index in [1.165, 1.54) is 10.6 Å². The normalized spacial score (nSPS) is 10.7. The SMILES string of the molecule is Cc1nc2cccc(F)n2n1. The van der Waals surface area contributed by atoms with Crippen molar-refractivity contribution in [3.63, 3.8) is 0 Å². The molecular weight excluding hydrogens is 145 g/mol. The highest BCUT2D eigenvalue weighted by Gasteiger charge is 2.01. The van der Waals surface area contributed by atoms with Crippen LogP contribution >= 0.6 is 0 Å². The topological polar surface area (TPSA) is 30.2 Å². The molecule has 0 atom stereocenters. The van der Waals surface area contributed by atoms with Crippen LogP contribution in [0.2, 0.25) is 0 Å². The summed E-state index contributed by atoms with van der Waals surface area (Å²) in [6, 6.07) is 4.67. The Bertz CT molecular complexity index is 393. The zero-order valence-electron chi connectivity index (χ0n) is 5.95. The minimum Gasteiger partial charge on any atom is -0.212 e. The molecule has 0 aliphatic carbocycles. The third-order valence-corrected chi connectivity index (χ3v) is 1.42. The Hall–Kier alpha value is -1.45. The van der Waals surface area contributed by atoms with Crippen molar-refractivity contribution in [3.8, 4) is 0 Å². The van der Waals surface area contributed by atoms with Gasteiger partial charge in [-0.25, -0.2) is 4.98 Å². The summed E-state index contributed by atoms with van der Waals surface area (Å²) in [6.45, 7) is 1.73. The van der Waals surface area contributed by atoms with Gasteiger partial charge in [0.1, 0.15) is 5.82 Å². The van der Waals surface area contributed by atoms with E-state index in [9.17, 15) is 4.39 Å². The van der Waals surface area contributed by atoms with Gasteiger partial charge >= 0.3 is 0 Å². The van der Waals surface area contributed by atoms with Crippen molar-refractivity contribution in [2.75, 3.05) is 0 Å². The molecule has 0 spiro atoms. The van der Waals surface area contributed by atoms with Crippen molar-refractivity contribution in [1.82, 2.24) is 14.6 Å². The largest absolute Gasteiger partial charge is 0.216 e. The number of aryl methyl sites for hydroxylation is 1. The number of hydrogen-bond donors (Lipinski definition) is 0. The van der Waals surface area contributed by atoms with Crippen molar-refractivity contribution >= 4 is 5.65 Å². The fourth-order valence-corrected chi connectivity index (χ4v) is 0.981. The summed E-state index contributed by atoms with van der Waals surface area (Å²) in [4.78, 5) is 3.99. The van der Waals surface area contributed by atoms with Crippen LogP contribution in [0.1, 0.15) is 5.82 Å². The van der Waals surface area contributed by atoms with Gasteiger partial charge in [0.2, 0.25) is 5.95 Å². The molecule has 3 nitrogen and oxygen atoms in total. The molecular formula is C7H6FN3. The highest BCUT2D eigenvalue weighted by Crippen LogP contribution is 2.02. The Balaban J connectivity index is 2.90. The molecule has 2 rings (SSSR count). The Labute approximate surface area is 62.5 Å². The van der Waals surface area contributed by atoms with Crippen LogP contribution in [-0.4, -0.2) is 14.6 Å². The molecule has 56 valence electrons. The van der Waals surface area contributed by atoms with Gasteiger partial charge in [0.05, 0.1) is 0 Å². The van der Waals surface area contributed by atoms with E-state index in [0.29, 0.717) is 11.5 Å². The first kappa shape index (κ1) is 6.27. The summed E-state index contributed by atoms with van der Waals surface area (Å²) in [7, 11) is 0. The van der Waals surface area contributed by atoms with Crippen molar-refractivity contribution in [2.24, 2.45) is 0 Å². The molecule has 0 radical (unpaired) electrons. The Kier molecular flexibility index (Phi) is 1.15. The highest BCUT2D eigenvalue weighted by molar-refractivity contribution is 5.36. The van der Waals surface area contributed by atoms with Gasteiger partial charge in [-0.1, -0.05) is 6.07 Å². The predicted molar refractivity (Wildman–Crippen MR) is 37.7 cm³/mol. The zero-order valence-corrected chi connectivity index (χ0v) is 5.95. The molecule has 11 heavy (non-hydrogen) atoms. The van der Waals surface area contributed by atoms with Gasteiger partial charge in [-0.2, -0.15) is 8.91 Å². The number of nitrogens with zero attached hydrogens (tertiary/aromatic N) is 3. The summed E-state index contributed by atoms with van der Waals surface area (Å²) < 4.78 is 14.0. The van der Waals surface area contributed by atoms with Gasteiger partial charge in [-0.3, -0.25) is 0 Å². The minimum atomic E-state index is -0.386. The molecule has 2 aromatic heterocycles. The predicted octanol–water partition coefficient (Wildman–Crippen LogP) is 1.18. The molecule has 0 aromatic carbocycles. The lowest BCUT2D eigenvalue weighted by atomic mass is 10.5. The van der Waals surface area contributed by atoms with E-state index in [1.54, 1.807) is 19.1 Å². The van der Waals surface area contributed by atoms with E-state index in [4.69, 9.17) is 0 Å². The highest BCUT2D eigenvalue weighted by atomic mass is 19.1. The average Bonchev–Trinajstić information content (AvgIpc) is 2.31. The van der Waals surface area contributed by atoms with E-state index in [0.717, 1.165) is 0 Å². The van der Waals surface area contributed by atoms with Gasteiger partial charge in [-0.05, 0) is 19.1 Å². The first-order valence-electron chi connectivity index (χ1n) is 3.25. The number of hydrogen-bond acceptors (Lipinski definition) is 2. The minimum absolute atomic E-state index is 0.386. The summed E-state index contributed by atoms with van der Waals surface area (Å²) in [5.74, 6) is 0.193. The van der Waals surface area contributed by atoms with Crippen LogP contribution < -0.4 is 0 Å². The second-order valence-electron chi connectivity index (χ2n) is 2.28. The third-order valence-electron chi connectivity index (χ3n) is 1.42. The molecule has 2 aromatic rings. The van der Waals surface area contributed by atoms with E-state index < -0.39 is 0 Å². The number of aromatic nitrogens is 3. The summed E-state index contributed by atoms with van der Waals surface area (Å²) in [5.41, 5.74) is 0.544. The van der Waals surface area contributed by atoms with Gasteiger partial charge in [0.25, 0.3) is 0 Å². The molecule has 0 aliphatic heterocycles. The lowest BCUT2D eigenvalue weighted by Crippen LogP contribution is -1.92. The second kappa shape index (κ2) is 2.02. The smallest absolute Gasteiger partial charge is 0.212 e. The molecule has 0 amide bonds. The number of halogens is 1. The molecule has 0 fully saturated rings. The van der Waals surface area contributed by atoms with Crippen molar-refractivity contribution in [3.05, 3.63) is 30.0 Å². The number of pyridine rings is 1. The maximum Gasteiger partial charge on any atom is 0.216 e. The quantitative estimate of drug-likeness (QED) is 0.529. The molecule has 0 N–H and O–H groups in total. The molecule has 0 saturated heterocycles. The summed E-state index contributed by atoms with van der Waals surface area (Å²) >= 11 is 0. The average molecular weight is 151 g/mol. The molecule has 0 bridgehead atoms. The fraction of sp³-hybridized carbons (Fsp3) is 0.143. The maximum atomic E-state index is 12.9. The van der Waals surface area contributed by atoms with Crippen LogP contribution in [0, 0.1) is 12.9 Å². The molecule has 0 saturated carbocycles. The van der Waals surface area contributed by atoms with Crippen molar-refractivity contribution in [2.45, 2.75) is 6.92 Å². The van der Waals surface area contributed by atoms with Crippen LogP contribution in [0.3, 0.4) is 0 Å². The lowest BCUT2D eigenvalue weighted by molar-refractivity contribution is 0.543. The zero-order chi connectivity index (χ0) is 7.84. The van der Waals surface area contributed by atoms with Gasteiger partial charge in [0.15, 0.2) is 5.65 Å². The van der Waals surface area contributed by atoms with E-state index in [1.807, 2.05) is 0 Å². The second-order valence-corrected chi connectivity index (χ2v) is 2.28. The van der Waals surface area contributed by atoms with E-state index in [2.05, 4.69) is 10.1 Å². The Morgan fingerprint density at radius 1 is 1.45 bits per heavy atom. The molecule has 2 heterocycles. The van der Waals surface area contributed by atoms with Crippen LogP contribution in [0.4, 0.5) is 4.39 Å². The van der Waals surface area contributed by atoms with Crippen LogP contribution in [0.25, 0.3) is 5.65 Å². The van der Waals surface area contributed by atoms with Crippen LogP contribution in [0.15, 0.2) is 18.2 Å². The first-order chi connectivity index (χ1) is 5.27.